The molecule has 0 amide bonds. The SMILES string of the molecule is CCc1ccc(C(C)NCCc2scnc2C)cc1. The molecule has 0 bridgehead atoms. The second kappa shape index (κ2) is 6.83. The third kappa shape index (κ3) is 3.88. The van der Waals surface area contributed by atoms with E-state index in [1.807, 2.05) is 5.51 Å². The van der Waals surface area contributed by atoms with E-state index in [1.54, 1.807) is 11.3 Å². The van der Waals surface area contributed by atoms with E-state index in [0.29, 0.717) is 6.04 Å². The molecule has 2 rings (SSSR count). The third-order valence-electron chi connectivity index (χ3n) is 3.54. The number of rotatable bonds is 6. The van der Waals surface area contributed by atoms with Crippen LogP contribution in [0.3, 0.4) is 0 Å². The maximum Gasteiger partial charge on any atom is 0.0797 e. The van der Waals surface area contributed by atoms with Crippen molar-refractivity contribution in [1.29, 1.82) is 0 Å². The second-order valence-electron chi connectivity index (χ2n) is 4.88. The van der Waals surface area contributed by atoms with Crippen LogP contribution in [0.15, 0.2) is 29.8 Å². The van der Waals surface area contributed by atoms with Crippen LogP contribution in [0, 0.1) is 6.92 Å². The van der Waals surface area contributed by atoms with Crippen molar-refractivity contribution in [3.63, 3.8) is 0 Å². The number of aromatic nitrogens is 1. The first-order chi connectivity index (χ1) is 9.20. The lowest BCUT2D eigenvalue weighted by molar-refractivity contribution is 0.578. The van der Waals surface area contributed by atoms with E-state index in [0.717, 1.165) is 19.4 Å². The van der Waals surface area contributed by atoms with Crippen molar-refractivity contribution in [1.82, 2.24) is 10.3 Å². The van der Waals surface area contributed by atoms with Crippen LogP contribution in [0.4, 0.5) is 0 Å². The van der Waals surface area contributed by atoms with Crippen LogP contribution in [0.5, 0.6) is 0 Å². The first-order valence-corrected chi connectivity index (χ1v) is 7.80. The number of hydrogen-bond donors (Lipinski definition) is 1. The maximum absolute atomic E-state index is 4.28. The standard InChI is InChI=1S/C16H22N2S/c1-4-14-5-7-15(8-6-14)12(2)17-10-9-16-13(3)18-11-19-16/h5-8,11-12,17H,4,9-10H2,1-3H3. The summed E-state index contributed by atoms with van der Waals surface area (Å²) in [5.74, 6) is 0. The lowest BCUT2D eigenvalue weighted by Crippen LogP contribution is -2.21. The van der Waals surface area contributed by atoms with Gasteiger partial charge in [-0.15, -0.1) is 11.3 Å². The zero-order valence-corrected chi connectivity index (χ0v) is 12.8. The van der Waals surface area contributed by atoms with Gasteiger partial charge in [-0.2, -0.15) is 0 Å². The molecule has 2 aromatic rings. The molecule has 1 N–H and O–H groups in total. The minimum Gasteiger partial charge on any atom is -0.310 e. The molecule has 1 heterocycles. The summed E-state index contributed by atoms with van der Waals surface area (Å²) in [6, 6.07) is 9.31. The Balaban J connectivity index is 1.83. The van der Waals surface area contributed by atoms with Gasteiger partial charge in [0.2, 0.25) is 0 Å². The van der Waals surface area contributed by atoms with Crippen molar-refractivity contribution in [2.75, 3.05) is 6.54 Å². The molecule has 1 atom stereocenters. The van der Waals surface area contributed by atoms with Gasteiger partial charge in [-0.1, -0.05) is 31.2 Å². The fourth-order valence-corrected chi connectivity index (χ4v) is 2.91. The highest BCUT2D eigenvalue weighted by Crippen LogP contribution is 2.15. The van der Waals surface area contributed by atoms with Crippen molar-refractivity contribution in [2.45, 2.75) is 39.7 Å². The number of nitrogens with zero attached hydrogens (tertiary/aromatic N) is 1. The summed E-state index contributed by atoms with van der Waals surface area (Å²) in [5, 5.41) is 3.58. The Morgan fingerprint density at radius 3 is 2.58 bits per heavy atom. The highest BCUT2D eigenvalue weighted by Gasteiger charge is 2.06. The van der Waals surface area contributed by atoms with E-state index in [1.165, 1.54) is 21.7 Å². The lowest BCUT2D eigenvalue weighted by Gasteiger charge is -2.14. The molecule has 0 aliphatic carbocycles. The van der Waals surface area contributed by atoms with Gasteiger partial charge in [-0.3, -0.25) is 0 Å². The quantitative estimate of drug-likeness (QED) is 0.864. The van der Waals surface area contributed by atoms with Gasteiger partial charge in [-0.25, -0.2) is 4.98 Å². The topological polar surface area (TPSA) is 24.9 Å². The summed E-state index contributed by atoms with van der Waals surface area (Å²) in [7, 11) is 0. The van der Waals surface area contributed by atoms with Crippen LogP contribution in [0.2, 0.25) is 0 Å². The van der Waals surface area contributed by atoms with E-state index in [2.05, 4.69) is 55.3 Å². The molecule has 0 aliphatic rings. The van der Waals surface area contributed by atoms with Gasteiger partial charge in [0.15, 0.2) is 0 Å². The molecule has 0 saturated carbocycles. The highest BCUT2D eigenvalue weighted by molar-refractivity contribution is 7.09. The van der Waals surface area contributed by atoms with Crippen LogP contribution in [-0.2, 0) is 12.8 Å². The van der Waals surface area contributed by atoms with Gasteiger partial charge in [-0.05, 0) is 37.8 Å². The maximum atomic E-state index is 4.28. The fraction of sp³-hybridized carbons (Fsp3) is 0.438. The summed E-state index contributed by atoms with van der Waals surface area (Å²) in [4.78, 5) is 5.67. The van der Waals surface area contributed by atoms with Crippen LogP contribution < -0.4 is 5.32 Å². The monoisotopic (exact) mass is 274 g/mol. The first kappa shape index (κ1) is 14.2. The van der Waals surface area contributed by atoms with Gasteiger partial charge >= 0.3 is 0 Å². The van der Waals surface area contributed by atoms with Crippen LogP contribution in [0.25, 0.3) is 0 Å². The first-order valence-electron chi connectivity index (χ1n) is 6.92. The van der Waals surface area contributed by atoms with Crippen LogP contribution in [-0.4, -0.2) is 11.5 Å². The highest BCUT2D eigenvalue weighted by atomic mass is 32.1. The Bertz CT molecular complexity index is 502. The molecule has 0 saturated heterocycles. The van der Waals surface area contributed by atoms with E-state index in [9.17, 15) is 0 Å². The largest absolute Gasteiger partial charge is 0.310 e. The molecule has 19 heavy (non-hydrogen) atoms. The Kier molecular flexibility index (Phi) is 5.11. The van der Waals surface area contributed by atoms with Crippen LogP contribution in [0.1, 0.15) is 41.6 Å². The van der Waals surface area contributed by atoms with Gasteiger partial charge in [0.05, 0.1) is 11.2 Å². The van der Waals surface area contributed by atoms with Crippen molar-refractivity contribution in [2.24, 2.45) is 0 Å². The van der Waals surface area contributed by atoms with Crippen molar-refractivity contribution < 1.29 is 0 Å². The van der Waals surface area contributed by atoms with Gasteiger partial charge in [0.25, 0.3) is 0 Å². The average molecular weight is 274 g/mol. The number of thiazole rings is 1. The van der Waals surface area contributed by atoms with Gasteiger partial charge in [0.1, 0.15) is 0 Å². The van der Waals surface area contributed by atoms with E-state index in [-0.39, 0.29) is 0 Å². The molecule has 102 valence electrons. The predicted molar refractivity (Wildman–Crippen MR) is 82.8 cm³/mol. The summed E-state index contributed by atoms with van der Waals surface area (Å²) in [6.45, 7) is 7.49. The molecular formula is C16H22N2S. The Morgan fingerprint density at radius 2 is 2.00 bits per heavy atom. The number of hydrogen-bond acceptors (Lipinski definition) is 3. The third-order valence-corrected chi connectivity index (χ3v) is 4.53. The molecule has 1 aromatic heterocycles. The fourth-order valence-electron chi connectivity index (χ4n) is 2.13. The zero-order chi connectivity index (χ0) is 13.7. The normalized spacial score (nSPS) is 12.6. The number of aryl methyl sites for hydroxylation is 2. The van der Waals surface area contributed by atoms with E-state index in [4.69, 9.17) is 0 Å². The summed E-state index contributed by atoms with van der Waals surface area (Å²) in [5.41, 5.74) is 5.86. The predicted octanol–water partition coefficient (Wildman–Crippen LogP) is 3.91. The summed E-state index contributed by atoms with van der Waals surface area (Å²) in [6.07, 6.45) is 2.17. The van der Waals surface area contributed by atoms with Crippen molar-refractivity contribution in [3.8, 4) is 0 Å². The summed E-state index contributed by atoms with van der Waals surface area (Å²) >= 11 is 1.75. The van der Waals surface area contributed by atoms with Crippen LogP contribution >= 0.6 is 11.3 Å². The number of nitrogens with one attached hydrogen (secondary N) is 1. The van der Waals surface area contributed by atoms with E-state index < -0.39 is 0 Å². The second-order valence-corrected chi connectivity index (χ2v) is 5.82. The minimum atomic E-state index is 0.402. The minimum absolute atomic E-state index is 0.402. The zero-order valence-electron chi connectivity index (χ0n) is 11.9. The molecule has 1 aromatic carbocycles. The molecule has 3 heteroatoms. The Morgan fingerprint density at radius 1 is 1.26 bits per heavy atom. The average Bonchev–Trinajstić information content (AvgIpc) is 2.84. The Hall–Kier alpha value is -1.19. The van der Waals surface area contributed by atoms with E-state index >= 15 is 0 Å². The molecule has 0 radical (unpaired) electrons. The summed E-state index contributed by atoms with van der Waals surface area (Å²) < 4.78 is 0. The molecule has 2 nitrogen and oxygen atoms in total. The molecule has 0 aliphatic heterocycles. The smallest absolute Gasteiger partial charge is 0.0797 e. The molecule has 0 fully saturated rings. The molecule has 1 unspecified atom stereocenters. The Labute approximate surface area is 119 Å². The van der Waals surface area contributed by atoms with Gasteiger partial charge < -0.3 is 5.32 Å². The molecule has 0 spiro atoms. The lowest BCUT2D eigenvalue weighted by atomic mass is 10.0. The van der Waals surface area contributed by atoms with Gasteiger partial charge in [0, 0.05) is 17.5 Å². The van der Waals surface area contributed by atoms with Crippen molar-refractivity contribution in [3.05, 3.63) is 51.5 Å². The number of benzene rings is 1. The molecular weight excluding hydrogens is 252 g/mol. The van der Waals surface area contributed by atoms with Crippen molar-refractivity contribution >= 4 is 11.3 Å².